The molecule has 0 unspecified atom stereocenters. The van der Waals surface area contributed by atoms with Crippen LogP contribution >= 0.6 is 12.2 Å². The number of carbonyl (C=O) groups is 1. The van der Waals surface area contributed by atoms with Crippen LogP contribution in [0.3, 0.4) is 0 Å². The summed E-state index contributed by atoms with van der Waals surface area (Å²) >= 11 is 5.25. The zero-order chi connectivity index (χ0) is 18.8. The molecule has 6 heteroatoms. The number of thiocarbonyl (C=S) groups is 1. The summed E-state index contributed by atoms with van der Waals surface area (Å²) in [4.78, 5) is 13.0. The maximum Gasteiger partial charge on any atom is 0.255 e. The standard InChI is InChI=1S/C20H21N3O2S/c1-11-4-9-16(12(2)10-11)22-19(25)17-13(3)21-20(26)23-18(17)14-5-7-15(24)8-6-14/h4-10,18,24H,1-3H3,(H,22,25)(H2,21,23,26)/t18-/m1/s1. The highest BCUT2D eigenvalue weighted by Gasteiger charge is 2.30. The SMILES string of the molecule is CC1=C(C(=O)Nc2ccc(C)cc2C)[C@@H](c2ccc(O)cc2)NC(=S)N1. The van der Waals surface area contributed by atoms with Gasteiger partial charge in [-0.3, -0.25) is 4.79 Å². The monoisotopic (exact) mass is 367 g/mol. The van der Waals surface area contributed by atoms with Gasteiger partial charge in [-0.25, -0.2) is 0 Å². The van der Waals surface area contributed by atoms with E-state index in [1.54, 1.807) is 24.3 Å². The van der Waals surface area contributed by atoms with E-state index in [-0.39, 0.29) is 11.7 Å². The molecular weight excluding hydrogens is 346 g/mol. The number of allylic oxidation sites excluding steroid dienone is 1. The lowest BCUT2D eigenvalue weighted by molar-refractivity contribution is -0.113. The second-order valence-corrected chi connectivity index (χ2v) is 6.84. The van der Waals surface area contributed by atoms with Crippen molar-refractivity contribution in [1.29, 1.82) is 0 Å². The van der Waals surface area contributed by atoms with Gasteiger partial charge in [0.25, 0.3) is 5.91 Å². The fourth-order valence-electron chi connectivity index (χ4n) is 3.06. The number of aryl methyl sites for hydroxylation is 2. The molecule has 3 rings (SSSR count). The van der Waals surface area contributed by atoms with Gasteiger partial charge < -0.3 is 21.1 Å². The van der Waals surface area contributed by atoms with Crippen LogP contribution in [0.25, 0.3) is 0 Å². The summed E-state index contributed by atoms with van der Waals surface area (Å²) in [6, 6.07) is 12.2. The molecule has 2 aromatic carbocycles. The van der Waals surface area contributed by atoms with Crippen LogP contribution < -0.4 is 16.0 Å². The number of rotatable bonds is 3. The number of nitrogens with one attached hydrogen (secondary N) is 3. The van der Waals surface area contributed by atoms with Crippen LogP contribution in [0.1, 0.15) is 29.7 Å². The van der Waals surface area contributed by atoms with Crippen LogP contribution in [0.2, 0.25) is 0 Å². The molecular formula is C20H21N3O2S. The van der Waals surface area contributed by atoms with Gasteiger partial charge in [0.05, 0.1) is 11.6 Å². The summed E-state index contributed by atoms with van der Waals surface area (Å²) in [6.45, 7) is 5.81. The van der Waals surface area contributed by atoms with E-state index in [1.165, 1.54) is 0 Å². The van der Waals surface area contributed by atoms with E-state index < -0.39 is 6.04 Å². The molecule has 0 aromatic heterocycles. The second kappa shape index (κ2) is 7.17. The molecule has 1 amide bonds. The first kappa shape index (κ1) is 17.9. The molecule has 0 bridgehead atoms. The predicted octanol–water partition coefficient (Wildman–Crippen LogP) is 3.44. The number of amides is 1. The molecule has 2 aromatic rings. The third-order valence-corrected chi connectivity index (χ3v) is 4.59. The lowest BCUT2D eigenvalue weighted by atomic mass is 9.94. The predicted molar refractivity (Wildman–Crippen MR) is 107 cm³/mol. The number of carbonyl (C=O) groups excluding carboxylic acids is 1. The van der Waals surface area contributed by atoms with Gasteiger partial charge in [-0.05, 0) is 62.3 Å². The number of hydrogen-bond acceptors (Lipinski definition) is 3. The Labute approximate surface area is 158 Å². The molecule has 0 saturated carbocycles. The highest BCUT2D eigenvalue weighted by atomic mass is 32.1. The van der Waals surface area contributed by atoms with Crippen molar-refractivity contribution >= 4 is 28.9 Å². The average molecular weight is 367 g/mol. The van der Waals surface area contributed by atoms with E-state index in [0.717, 1.165) is 22.4 Å². The molecule has 0 radical (unpaired) electrons. The van der Waals surface area contributed by atoms with E-state index >= 15 is 0 Å². The Balaban J connectivity index is 1.95. The maximum atomic E-state index is 13.0. The number of phenolic OH excluding ortho intramolecular Hbond substituents is 1. The van der Waals surface area contributed by atoms with Crippen LogP contribution in [-0.4, -0.2) is 16.1 Å². The zero-order valence-corrected chi connectivity index (χ0v) is 15.7. The van der Waals surface area contributed by atoms with Gasteiger partial charge in [-0.1, -0.05) is 29.8 Å². The first-order chi connectivity index (χ1) is 12.3. The Morgan fingerprint density at radius 2 is 1.81 bits per heavy atom. The Morgan fingerprint density at radius 1 is 1.12 bits per heavy atom. The highest BCUT2D eigenvalue weighted by molar-refractivity contribution is 7.80. The quantitative estimate of drug-likeness (QED) is 0.626. The summed E-state index contributed by atoms with van der Waals surface area (Å²) in [5, 5.41) is 19.2. The van der Waals surface area contributed by atoms with E-state index in [2.05, 4.69) is 16.0 Å². The van der Waals surface area contributed by atoms with E-state index in [9.17, 15) is 9.90 Å². The van der Waals surface area contributed by atoms with Gasteiger partial charge in [-0.2, -0.15) is 0 Å². The molecule has 1 atom stereocenters. The average Bonchev–Trinajstić information content (AvgIpc) is 2.57. The van der Waals surface area contributed by atoms with Gasteiger partial charge >= 0.3 is 0 Å². The molecule has 134 valence electrons. The van der Waals surface area contributed by atoms with E-state index in [4.69, 9.17) is 12.2 Å². The Bertz CT molecular complexity index is 904. The van der Waals surface area contributed by atoms with Crippen LogP contribution in [0, 0.1) is 13.8 Å². The minimum absolute atomic E-state index is 0.173. The molecule has 0 fully saturated rings. The minimum Gasteiger partial charge on any atom is -0.508 e. The largest absolute Gasteiger partial charge is 0.508 e. The number of anilines is 1. The Kier molecular flexibility index (Phi) is 4.95. The second-order valence-electron chi connectivity index (χ2n) is 6.43. The number of benzene rings is 2. The summed E-state index contributed by atoms with van der Waals surface area (Å²) < 4.78 is 0. The normalized spacial score (nSPS) is 16.7. The van der Waals surface area contributed by atoms with Crippen LogP contribution in [-0.2, 0) is 4.79 Å². The fraction of sp³-hybridized carbons (Fsp3) is 0.200. The first-order valence-electron chi connectivity index (χ1n) is 8.31. The minimum atomic E-state index is -0.393. The first-order valence-corrected chi connectivity index (χ1v) is 8.72. The van der Waals surface area contributed by atoms with Crippen LogP contribution in [0.5, 0.6) is 5.75 Å². The number of phenols is 1. The molecule has 0 saturated heterocycles. The van der Waals surface area contributed by atoms with Crippen LogP contribution in [0.4, 0.5) is 5.69 Å². The molecule has 1 heterocycles. The molecule has 1 aliphatic rings. The Hall–Kier alpha value is -2.86. The van der Waals surface area contributed by atoms with Crippen molar-refractivity contribution in [3.63, 3.8) is 0 Å². The fourth-order valence-corrected chi connectivity index (χ4v) is 3.33. The molecule has 1 aliphatic heterocycles. The van der Waals surface area contributed by atoms with Crippen molar-refractivity contribution in [1.82, 2.24) is 10.6 Å². The van der Waals surface area contributed by atoms with Gasteiger partial charge in [0, 0.05) is 11.4 Å². The summed E-state index contributed by atoms with van der Waals surface area (Å²) in [5.41, 5.74) is 5.03. The maximum absolute atomic E-state index is 13.0. The smallest absolute Gasteiger partial charge is 0.255 e. The van der Waals surface area contributed by atoms with Crippen molar-refractivity contribution in [2.75, 3.05) is 5.32 Å². The van der Waals surface area contributed by atoms with Gasteiger partial charge in [0.1, 0.15) is 5.75 Å². The van der Waals surface area contributed by atoms with Crippen molar-refractivity contribution in [2.24, 2.45) is 0 Å². The number of aromatic hydroxyl groups is 1. The summed E-state index contributed by atoms with van der Waals surface area (Å²) in [5.74, 6) is -0.0257. The van der Waals surface area contributed by atoms with Crippen molar-refractivity contribution in [3.8, 4) is 5.75 Å². The van der Waals surface area contributed by atoms with Crippen molar-refractivity contribution < 1.29 is 9.90 Å². The lowest BCUT2D eigenvalue weighted by Crippen LogP contribution is -2.45. The topological polar surface area (TPSA) is 73.4 Å². The van der Waals surface area contributed by atoms with E-state index in [1.807, 2.05) is 39.0 Å². The highest BCUT2D eigenvalue weighted by Crippen LogP contribution is 2.29. The third kappa shape index (κ3) is 3.70. The molecule has 5 nitrogen and oxygen atoms in total. The summed E-state index contributed by atoms with van der Waals surface area (Å²) in [6.07, 6.45) is 0. The van der Waals surface area contributed by atoms with Gasteiger partial charge in [-0.15, -0.1) is 0 Å². The van der Waals surface area contributed by atoms with E-state index in [0.29, 0.717) is 16.4 Å². The van der Waals surface area contributed by atoms with Crippen molar-refractivity contribution in [3.05, 3.63) is 70.4 Å². The Morgan fingerprint density at radius 3 is 2.46 bits per heavy atom. The number of hydrogen-bond donors (Lipinski definition) is 4. The molecule has 4 N–H and O–H groups in total. The summed E-state index contributed by atoms with van der Waals surface area (Å²) in [7, 11) is 0. The zero-order valence-electron chi connectivity index (χ0n) is 14.9. The van der Waals surface area contributed by atoms with Crippen LogP contribution in [0.15, 0.2) is 53.7 Å². The third-order valence-electron chi connectivity index (χ3n) is 4.37. The molecule has 0 spiro atoms. The van der Waals surface area contributed by atoms with Crippen molar-refractivity contribution in [2.45, 2.75) is 26.8 Å². The van der Waals surface area contributed by atoms with Gasteiger partial charge in [0.15, 0.2) is 5.11 Å². The van der Waals surface area contributed by atoms with Gasteiger partial charge in [0.2, 0.25) is 0 Å². The molecule has 0 aliphatic carbocycles. The molecule has 26 heavy (non-hydrogen) atoms. The lowest BCUT2D eigenvalue weighted by Gasteiger charge is -2.30.